The quantitative estimate of drug-likeness (QED) is 0.695. The molecule has 1 atom stereocenters. The van der Waals surface area contributed by atoms with Crippen molar-refractivity contribution in [3.63, 3.8) is 0 Å². The van der Waals surface area contributed by atoms with E-state index < -0.39 is 0 Å². The van der Waals surface area contributed by atoms with Crippen molar-refractivity contribution < 1.29 is 4.74 Å². The number of rotatable bonds is 3. The molecule has 0 aliphatic rings. The molecule has 0 aromatic heterocycles. The molecule has 0 radical (unpaired) electrons. The molecular weight excluding hydrogens is 236 g/mol. The van der Waals surface area contributed by atoms with E-state index in [1.807, 2.05) is 6.92 Å². The molecular formula is C5H10Br2O. The predicted molar refractivity (Wildman–Crippen MR) is 42.7 cm³/mol. The van der Waals surface area contributed by atoms with Gasteiger partial charge in [-0.3, -0.25) is 0 Å². The Bertz CT molecular complexity index is 56.4. The van der Waals surface area contributed by atoms with E-state index >= 15 is 0 Å². The van der Waals surface area contributed by atoms with Gasteiger partial charge in [0.2, 0.25) is 0 Å². The molecule has 0 saturated heterocycles. The highest BCUT2D eigenvalue weighted by atomic mass is 79.9. The predicted octanol–water partition coefficient (Wildman–Crippen LogP) is 2.53. The summed E-state index contributed by atoms with van der Waals surface area (Å²) >= 11 is 6.70. The highest BCUT2D eigenvalue weighted by Crippen LogP contribution is 2.15. The third-order valence-electron chi connectivity index (χ3n) is 0.912. The van der Waals surface area contributed by atoms with Crippen molar-refractivity contribution in [1.29, 1.82) is 0 Å². The molecule has 0 aliphatic heterocycles. The molecule has 50 valence electrons. The van der Waals surface area contributed by atoms with Crippen LogP contribution in [-0.2, 0) is 4.74 Å². The summed E-state index contributed by atoms with van der Waals surface area (Å²) in [5.41, 5.74) is 0. The van der Waals surface area contributed by atoms with Crippen LogP contribution in [0.25, 0.3) is 0 Å². The van der Waals surface area contributed by atoms with Gasteiger partial charge in [-0.1, -0.05) is 31.9 Å². The van der Waals surface area contributed by atoms with E-state index in [2.05, 4.69) is 31.9 Å². The minimum Gasteiger partial charge on any atom is -0.382 e. The Hall–Kier alpha value is 0.920. The van der Waals surface area contributed by atoms with Crippen molar-refractivity contribution >= 4 is 31.9 Å². The van der Waals surface area contributed by atoms with Crippen LogP contribution < -0.4 is 0 Å². The highest BCUT2D eigenvalue weighted by Gasteiger charge is 2.03. The third-order valence-corrected chi connectivity index (χ3v) is 1.66. The molecule has 0 bridgehead atoms. The minimum absolute atomic E-state index is 0.332. The number of hydrogen-bond donors (Lipinski definition) is 0. The monoisotopic (exact) mass is 244 g/mol. The van der Waals surface area contributed by atoms with Gasteiger partial charge in [0.1, 0.15) is 0 Å². The van der Waals surface area contributed by atoms with Gasteiger partial charge in [0.05, 0.1) is 9.84 Å². The van der Waals surface area contributed by atoms with Gasteiger partial charge in [-0.15, -0.1) is 0 Å². The van der Waals surface area contributed by atoms with Gasteiger partial charge in [-0.2, -0.15) is 0 Å². The zero-order valence-electron chi connectivity index (χ0n) is 5.03. The first kappa shape index (κ1) is 8.92. The Morgan fingerprint density at radius 2 is 2.00 bits per heavy atom. The van der Waals surface area contributed by atoms with Crippen LogP contribution >= 0.6 is 31.9 Å². The van der Waals surface area contributed by atoms with Gasteiger partial charge in [0.25, 0.3) is 0 Å². The second-order valence-electron chi connectivity index (χ2n) is 1.67. The van der Waals surface area contributed by atoms with Crippen molar-refractivity contribution in [2.75, 3.05) is 7.11 Å². The fourth-order valence-corrected chi connectivity index (χ4v) is 1.40. The maximum absolute atomic E-state index is 5.00. The van der Waals surface area contributed by atoms with Crippen LogP contribution in [0.4, 0.5) is 0 Å². The average Bonchev–Trinajstić information content (AvgIpc) is 1.65. The Balaban J connectivity index is 3.10. The molecule has 0 spiro atoms. The van der Waals surface area contributed by atoms with Crippen molar-refractivity contribution in [3.8, 4) is 0 Å². The average molecular weight is 246 g/mol. The van der Waals surface area contributed by atoms with E-state index in [0.717, 1.165) is 6.42 Å². The lowest BCUT2D eigenvalue weighted by molar-refractivity contribution is 0.115. The summed E-state index contributed by atoms with van der Waals surface area (Å²) < 4.78 is 5.38. The summed E-state index contributed by atoms with van der Waals surface area (Å²) in [4.78, 5) is 0. The maximum Gasteiger partial charge on any atom is 0.0722 e. The zero-order valence-corrected chi connectivity index (χ0v) is 8.20. The van der Waals surface area contributed by atoms with E-state index in [0.29, 0.717) is 9.84 Å². The maximum atomic E-state index is 5.00. The largest absolute Gasteiger partial charge is 0.382 e. The number of alkyl halides is 2. The molecule has 0 aliphatic carbocycles. The van der Waals surface area contributed by atoms with E-state index in [4.69, 9.17) is 4.74 Å². The summed E-state index contributed by atoms with van der Waals surface area (Å²) in [6, 6.07) is 0. The van der Waals surface area contributed by atoms with Crippen LogP contribution in [-0.4, -0.2) is 17.0 Å². The lowest BCUT2D eigenvalue weighted by Crippen LogP contribution is -2.07. The topological polar surface area (TPSA) is 9.23 Å². The normalized spacial score (nSPS) is 14.6. The van der Waals surface area contributed by atoms with Gasteiger partial charge in [-0.05, 0) is 13.3 Å². The summed E-state index contributed by atoms with van der Waals surface area (Å²) in [7, 11) is 1.72. The standard InChI is InChI=1S/C5H10Br2O/c1-4(8-2)3-5(6)7/h4-5H,3H2,1-2H3/t4-/m1/s1. The summed E-state index contributed by atoms with van der Waals surface area (Å²) in [6.07, 6.45) is 1.33. The van der Waals surface area contributed by atoms with Gasteiger partial charge in [-0.25, -0.2) is 0 Å². The summed E-state index contributed by atoms with van der Waals surface area (Å²) in [5.74, 6) is 0. The van der Waals surface area contributed by atoms with Gasteiger partial charge in [0, 0.05) is 7.11 Å². The first-order valence-corrected chi connectivity index (χ1v) is 4.31. The van der Waals surface area contributed by atoms with Crippen LogP contribution in [0.3, 0.4) is 0 Å². The fraction of sp³-hybridized carbons (Fsp3) is 1.00. The lowest BCUT2D eigenvalue weighted by Gasteiger charge is -2.08. The number of halogens is 2. The Kier molecular flexibility index (Phi) is 5.31. The number of methoxy groups -OCH3 is 1. The second-order valence-corrected chi connectivity index (χ2v) is 5.11. The molecule has 0 saturated carbocycles. The molecule has 0 rings (SSSR count). The van der Waals surface area contributed by atoms with E-state index in [-0.39, 0.29) is 0 Å². The van der Waals surface area contributed by atoms with Crippen LogP contribution in [0, 0.1) is 0 Å². The Morgan fingerprint density at radius 1 is 1.50 bits per heavy atom. The lowest BCUT2D eigenvalue weighted by atomic mass is 10.3. The smallest absolute Gasteiger partial charge is 0.0722 e. The molecule has 3 heteroatoms. The molecule has 8 heavy (non-hydrogen) atoms. The first-order valence-electron chi connectivity index (χ1n) is 2.47. The van der Waals surface area contributed by atoms with Gasteiger partial charge >= 0.3 is 0 Å². The Morgan fingerprint density at radius 3 is 2.12 bits per heavy atom. The fourth-order valence-electron chi connectivity index (χ4n) is 0.347. The van der Waals surface area contributed by atoms with Crippen LogP contribution in [0.2, 0.25) is 0 Å². The van der Waals surface area contributed by atoms with Crippen LogP contribution in [0.5, 0.6) is 0 Å². The van der Waals surface area contributed by atoms with E-state index in [1.54, 1.807) is 7.11 Å². The van der Waals surface area contributed by atoms with Crippen molar-refractivity contribution in [3.05, 3.63) is 0 Å². The molecule has 1 nitrogen and oxygen atoms in total. The Labute approximate surface area is 67.0 Å². The van der Waals surface area contributed by atoms with Gasteiger partial charge < -0.3 is 4.74 Å². The zero-order chi connectivity index (χ0) is 6.57. The van der Waals surface area contributed by atoms with Crippen molar-refractivity contribution in [1.82, 2.24) is 0 Å². The molecule has 0 fully saturated rings. The molecule has 0 unspecified atom stereocenters. The van der Waals surface area contributed by atoms with E-state index in [9.17, 15) is 0 Å². The molecule has 0 aromatic carbocycles. The highest BCUT2D eigenvalue weighted by molar-refractivity contribution is 9.24. The van der Waals surface area contributed by atoms with Crippen LogP contribution in [0.1, 0.15) is 13.3 Å². The third kappa shape index (κ3) is 5.06. The van der Waals surface area contributed by atoms with Crippen molar-refractivity contribution in [2.45, 2.75) is 23.2 Å². The first-order chi connectivity index (χ1) is 3.66. The summed E-state index contributed by atoms with van der Waals surface area (Å²) in [5, 5.41) is 0. The summed E-state index contributed by atoms with van der Waals surface area (Å²) in [6.45, 7) is 2.04. The number of ether oxygens (including phenoxy) is 1. The van der Waals surface area contributed by atoms with E-state index in [1.165, 1.54) is 0 Å². The number of hydrogen-bond acceptors (Lipinski definition) is 1. The second kappa shape index (κ2) is 4.77. The molecule has 0 heterocycles. The van der Waals surface area contributed by atoms with Gasteiger partial charge in [0.15, 0.2) is 0 Å². The minimum atomic E-state index is 0.332. The van der Waals surface area contributed by atoms with Crippen LogP contribution in [0.15, 0.2) is 0 Å². The molecule has 0 amide bonds. The van der Waals surface area contributed by atoms with Crippen molar-refractivity contribution in [2.24, 2.45) is 0 Å². The SMILES string of the molecule is CO[C@H](C)CC(Br)Br. The molecule has 0 N–H and O–H groups in total. The molecule has 0 aromatic rings.